The van der Waals surface area contributed by atoms with E-state index in [2.05, 4.69) is 0 Å². The number of ether oxygens (including phenoxy) is 1. The molecule has 1 unspecified atom stereocenters. The molecule has 0 fully saturated rings. The fourth-order valence-corrected chi connectivity index (χ4v) is 1.86. The summed E-state index contributed by atoms with van der Waals surface area (Å²) in [7, 11) is 1.47. The topological polar surface area (TPSA) is 35.2 Å². The summed E-state index contributed by atoms with van der Waals surface area (Å²) in [5.41, 5.74) is 4.73. The first-order chi connectivity index (χ1) is 8.09. The van der Waals surface area contributed by atoms with Crippen molar-refractivity contribution < 1.29 is 13.5 Å². The summed E-state index contributed by atoms with van der Waals surface area (Å²) in [6.45, 7) is 0.489. The van der Waals surface area contributed by atoms with E-state index in [4.69, 9.17) is 10.5 Å². The largest absolute Gasteiger partial charge is 0.381 e. The summed E-state index contributed by atoms with van der Waals surface area (Å²) in [5, 5.41) is 0. The van der Waals surface area contributed by atoms with Gasteiger partial charge < -0.3 is 10.5 Å². The van der Waals surface area contributed by atoms with Gasteiger partial charge in [0, 0.05) is 13.5 Å². The molecular formula is C13H19F2NO. The lowest BCUT2D eigenvalue weighted by Crippen LogP contribution is -2.32. The number of alkyl halides is 1. The van der Waals surface area contributed by atoms with Crippen LogP contribution in [0.1, 0.15) is 18.4 Å². The number of hydrogen-bond acceptors (Lipinski definition) is 2. The Labute approximate surface area is 101 Å². The van der Waals surface area contributed by atoms with Gasteiger partial charge in [0.15, 0.2) is 0 Å². The second-order valence-electron chi connectivity index (χ2n) is 4.28. The van der Waals surface area contributed by atoms with E-state index in [1.165, 1.54) is 19.2 Å². The Bertz CT molecular complexity index is 329. The van der Waals surface area contributed by atoms with Gasteiger partial charge in [0.2, 0.25) is 0 Å². The molecular weight excluding hydrogens is 224 g/mol. The van der Waals surface area contributed by atoms with Crippen molar-refractivity contribution in [2.75, 3.05) is 20.3 Å². The van der Waals surface area contributed by atoms with Crippen LogP contribution in [0.2, 0.25) is 0 Å². The maximum absolute atomic E-state index is 14.5. The van der Waals surface area contributed by atoms with E-state index in [0.717, 1.165) is 5.56 Å². The van der Waals surface area contributed by atoms with Crippen molar-refractivity contribution in [3.63, 3.8) is 0 Å². The molecule has 1 aromatic rings. The Morgan fingerprint density at radius 3 is 2.47 bits per heavy atom. The van der Waals surface area contributed by atoms with Crippen molar-refractivity contribution in [3.8, 4) is 0 Å². The maximum Gasteiger partial charge on any atom is 0.138 e. The Hall–Kier alpha value is -1.00. The van der Waals surface area contributed by atoms with Gasteiger partial charge in [-0.3, -0.25) is 0 Å². The number of rotatable bonds is 7. The van der Waals surface area contributed by atoms with Gasteiger partial charge >= 0.3 is 0 Å². The summed E-state index contributed by atoms with van der Waals surface area (Å²) in [6, 6.07) is 5.88. The Balaban J connectivity index is 2.67. The zero-order valence-electron chi connectivity index (χ0n) is 10.1. The van der Waals surface area contributed by atoms with Gasteiger partial charge in [-0.1, -0.05) is 12.1 Å². The molecule has 17 heavy (non-hydrogen) atoms. The second-order valence-corrected chi connectivity index (χ2v) is 4.28. The molecule has 1 atom stereocenters. The third-order valence-corrected chi connectivity index (χ3v) is 2.67. The molecule has 0 aliphatic rings. The molecule has 0 radical (unpaired) electrons. The lowest BCUT2D eigenvalue weighted by Gasteiger charge is -2.24. The van der Waals surface area contributed by atoms with Crippen LogP contribution >= 0.6 is 0 Å². The summed E-state index contributed by atoms with van der Waals surface area (Å²) in [6.07, 6.45) is 1.19. The van der Waals surface area contributed by atoms with E-state index in [-0.39, 0.29) is 18.8 Å². The third kappa shape index (κ3) is 4.79. The van der Waals surface area contributed by atoms with Crippen LogP contribution in [0, 0.1) is 5.82 Å². The van der Waals surface area contributed by atoms with Crippen LogP contribution in [0.4, 0.5) is 8.78 Å². The normalized spacial score (nSPS) is 14.6. The molecule has 1 aromatic carbocycles. The molecule has 1 rings (SSSR count). The third-order valence-electron chi connectivity index (χ3n) is 2.67. The number of nitrogens with two attached hydrogens (primary N) is 1. The van der Waals surface area contributed by atoms with E-state index in [1.54, 1.807) is 12.1 Å². The van der Waals surface area contributed by atoms with E-state index >= 15 is 0 Å². The van der Waals surface area contributed by atoms with Crippen LogP contribution < -0.4 is 5.73 Å². The summed E-state index contributed by atoms with van der Waals surface area (Å²) in [4.78, 5) is 0. The standard InChI is InChI=1S/C13H19F2NO/c1-17-10-13(15,7-2-8-16)9-11-3-5-12(14)6-4-11/h3-6H,2,7-10,16H2,1H3. The average Bonchev–Trinajstić information content (AvgIpc) is 2.30. The van der Waals surface area contributed by atoms with Crippen LogP contribution in [0.5, 0.6) is 0 Å². The molecule has 0 aromatic heterocycles. The highest BCUT2D eigenvalue weighted by atomic mass is 19.1. The molecule has 96 valence electrons. The van der Waals surface area contributed by atoms with E-state index in [9.17, 15) is 8.78 Å². The highest BCUT2D eigenvalue weighted by Crippen LogP contribution is 2.24. The molecule has 0 aliphatic carbocycles. The van der Waals surface area contributed by atoms with E-state index in [1.807, 2.05) is 0 Å². The highest BCUT2D eigenvalue weighted by molar-refractivity contribution is 5.18. The molecule has 4 heteroatoms. The minimum atomic E-state index is -1.42. The molecule has 2 nitrogen and oxygen atoms in total. The van der Waals surface area contributed by atoms with Gasteiger partial charge in [0.1, 0.15) is 11.5 Å². The minimum Gasteiger partial charge on any atom is -0.381 e. The highest BCUT2D eigenvalue weighted by Gasteiger charge is 2.29. The molecule has 0 saturated heterocycles. The fourth-order valence-electron chi connectivity index (χ4n) is 1.86. The summed E-state index contributed by atoms with van der Waals surface area (Å²) < 4.78 is 32.1. The monoisotopic (exact) mass is 243 g/mol. The van der Waals surface area contributed by atoms with Crippen LogP contribution in [0.15, 0.2) is 24.3 Å². The summed E-state index contributed by atoms with van der Waals surface area (Å²) >= 11 is 0. The van der Waals surface area contributed by atoms with Gasteiger partial charge in [-0.15, -0.1) is 0 Å². The van der Waals surface area contributed by atoms with Crippen LogP contribution in [0.25, 0.3) is 0 Å². The van der Waals surface area contributed by atoms with Gasteiger partial charge in [0.25, 0.3) is 0 Å². The van der Waals surface area contributed by atoms with Crippen LogP contribution in [0.3, 0.4) is 0 Å². The molecule has 0 spiro atoms. The molecule has 0 bridgehead atoms. The predicted octanol–water partition coefficient (Wildman–Crippen LogP) is 2.46. The van der Waals surface area contributed by atoms with Crippen molar-refractivity contribution >= 4 is 0 Å². The Morgan fingerprint density at radius 1 is 1.29 bits per heavy atom. The lowest BCUT2D eigenvalue weighted by atomic mass is 9.92. The van der Waals surface area contributed by atoms with Crippen molar-refractivity contribution in [1.82, 2.24) is 0 Å². The maximum atomic E-state index is 14.5. The first-order valence-electron chi connectivity index (χ1n) is 5.72. The number of hydrogen-bond donors (Lipinski definition) is 1. The lowest BCUT2D eigenvalue weighted by molar-refractivity contribution is 0.0334. The van der Waals surface area contributed by atoms with E-state index < -0.39 is 5.67 Å². The van der Waals surface area contributed by atoms with Crippen molar-refractivity contribution in [2.45, 2.75) is 24.9 Å². The Kier molecular flexibility index (Phi) is 5.51. The summed E-state index contributed by atoms with van der Waals surface area (Å²) in [5.74, 6) is -0.313. The molecule has 0 aliphatic heterocycles. The molecule has 0 amide bonds. The van der Waals surface area contributed by atoms with Gasteiger partial charge in [-0.05, 0) is 37.1 Å². The number of methoxy groups -OCH3 is 1. The SMILES string of the molecule is COCC(F)(CCCN)Cc1ccc(F)cc1. The zero-order chi connectivity index (χ0) is 12.7. The Morgan fingerprint density at radius 2 is 1.94 bits per heavy atom. The fraction of sp³-hybridized carbons (Fsp3) is 0.538. The smallest absolute Gasteiger partial charge is 0.138 e. The first kappa shape index (κ1) is 14.1. The van der Waals surface area contributed by atoms with E-state index in [0.29, 0.717) is 19.4 Å². The molecule has 0 heterocycles. The number of benzene rings is 1. The van der Waals surface area contributed by atoms with Gasteiger partial charge in [0.05, 0.1) is 6.61 Å². The average molecular weight is 243 g/mol. The van der Waals surface area contributed by atoms with Crippen molar-refractivity contribution in [3.05, 3.63) is 35.6 Å². The first-order valence-corrected chi connectivity index (χ1v) is 5.72. The minimum absolute atomic E-state index is 0.0321. The number of halogens is 2. The van der Waals surface area contributed by atoms with Crippen molar-refractivity contribution in [1.29, 1.82) is 0 Å². The molecule has 2 N–H and O–H groups in total. The zero-order valence-corrected chi connectivity index (χ0v) is 10.1. The second kappa shape index (κ2) is 6.67. The van der Waals surface area contributed by atoms with Gasteiger partial charge in [-0.25, -0.2) is 8.78 Å². The van der Waals surface area contributed by atoms with Crippen LogP contribution in [-0.4, -0.2) is 25.9 Å². The van der Waals surface area contributed by atoms with Crippen LogP contribution in [-0.2, 0) is 11.2 Å². The predicted molar refractivity (Wildman–Crippen MR) is 64.1 cm³/mol. The van der Waals surface area contributed by atoms with Gasteiger partial charge in [-0.2, -0.15) is 0 Å². The van der Waals surface area contributed by atoms with Crippen molar-refractivity contribution in [2.24, 2.45) is 5.73 Å². The quantitative estimate of drug-likeness (QED) is 0.798. The molecule has 0 saturated carbocycles.